The second-order valence-corrected chi connectivity index (χ2v) is 2.03. The number of aromatic nitrogens is 2. The highest BCUT2D eigenvalue weighted by Gasteiger charge is 1.95. The third-order valence-corrected chi connectivity index (χ3v) is 1.26. The molecular weight excluding hydrogens is 172 g/mol. The molecule has 0 spiro atoms. The largest absolute Gasteiger partial charge is 0.307 e. The maximum absolute atomic E-state index is 4.17. The van der Waals surface area contributed by atoms with Crippen molar-refractivity contribution >= 4 is 12.3 Å². The zero-order chi connectivity index (χ0) is 11.6. The Morgan fingerprint density at radius 2 is 1.71 bits per heavy atom. The molecule has 0 bridgehead atoms. The Morgan fingerprint density at radius 1 is 1.21 bits per heavy atom. The Kier molecular flexibility index (Phi) is 10.6. The van der Waals surface area contributed by atoms with Crippen LogP contribution >= 0.6 is 0 Å². The van der Waals surface area contributed by atoms with Crippen molar-refractivity contribution in [2.75, 3.05) is 0 Å². The smallest absolute Gasteiger partial charge is 0.136 e. The summed E-state index contributed by atoms with van der Waals surface area (Å²) in [6.45, 7) is 17.2. The summed E-state index contributed by atoms with van der Waals surface area (Å²) < 4.78 is 1.84. The lowest BCUT2D eigenvalue weighted by molar-refractivity contribution is 1.11. The minimum Gasteiger partial charge on any atom is -0.307 e. The number of hydrogen-bond donors (Lipinski definition) is 0. The maximum Gasteiger partial charge on any atom is 0.136 e. The van der Waals surface area contributed by atoms with Gasteiger partial charge in [0, 0.05) is 12.4 Å². The number of rotatable bonds is 2. The summed E-state index contributed by atoms with van der Waals surface area (Å²) in [5.74, 6) is 0.840. The van der Waals surface area contributed by atoms with E-state index in [1.54, 1.807) is 12.3 Å². The Balaban J connectivity index is 0. The molecule has 2 heteroatoms. The minimum atomic E-state index is 0.840. The van der Waals surface area contributed by atoms with Crippen molar-refractivity contribution in [3.63, 3.8) is 0 Å². The quantitative estimate of drug-likeness (QED) is 0.696. The van der Waals surface area contributed by atoms with Crippen LogP contribution in [0.2, 0.25) is 0 Å². The van der Waals surface area contributed by atoms with Gasteiger partial charge in [-0.15, -0.1) is 0 Å². The van der Waals surface area contributed by atoms with Gasteiger partial charge in [0.2, 0.25) is 0 Å². The van der Waals surface area contributed by atoms with Gasteiger partial charge in [-0.2, -0.15) is 0 Å². The highest BCUT2D eigenvalue weighted by atomic mass is 15.0. The molecule has 0 amide bonds. The topological polar surface area (TPSA) is 17.8 Å². The first-order valence-corrected chi connectivity index (χ1v) is 5.08. The van der Waals surface area contributed by atoms with Crippen LogP contribution in [-0.4, -0.2) is 9.55 Å². The van der Waals surface area contributed by atoms with Crippen molar-refractivity contribution in [1.82, 2.24) is 9.55 Å². The van der Waals surface area contributed by atoms with Gasteiger partial charge in [0.05, 0.1) is 5.69 Å². The van der Waals surface area contributed by atoms with Gasteiger partial charge < -0.3 is 4.57 Å². The van der Waals surface area contributed by atoms with E-state index in [4.69, 9.17) is 0 Å². The molecule has 0 atom stereocenters. The summed E-state index contributed by atoms with van der Waals surface area (Å²) >= 11 is 0. The van der Waals surface area contributed by atoms with E-state index in [1.165, 1.54) is 0 Å². The van der Waals surface area contributed by atoms with Gasteiger partial charge in [-0.1, -0.05) is 40.9 Å². The molecule has 80 valence electrons. The fourth-order valence-electron chi connectivity index (χ4n) is 0.832. The lowest BCUT2D eigenvalue weighted by Gasteiger charge is -1.91. The van der Waals surface area contributed by atoms with E-state index in [0.29, 0.717) is 0 Å². The van der Waals surface area contributed by atoms with Crippen molar-refractivity contribution in [2.45, 2.75) is 34.6 Å². The predicted molar refractivity (Wildman–Crippen MR) is 66.1 cm³/mol. The van der Waals surface area contributed by atoms with Crippen molar-refractivity contribution in [3.8, 4) is 0 Å². The Hall–Kier alpha value is -1.31. The molecule has 1 aromatic rings. The Morgan fingerprint density at radius 3 is 2.00 bits per heavy atom. The normalized spacial score (nSPS) is 7.50. The van der Waals surface area contributed by atoms with E-state index >= 15 is 0 Å². The molecule has 0 fully saturated rings. The zero-order valence-corrected chi connectivity index (χ0v) is 10.0. The van der Waals surface area contributed by atoms with Crippen LogP contribution in [0.4, 0.5) is 0 Å². The molecule has 0 aliphatic heterocycles. The highest BCUT2D eigenvalue weighted by molar-refractivity contribution is 5.42. The number of hydrogen-bond acceptors (Lipinski definition) is 1. The van der Waals surface area contributed by atoms with Crippen LogP contribution in [0, 0.1) is 6.92 Å². The molecule has 0 unspecified atom stereocenters. The first kappa shape index (κ1) is 15.2. The first-order chi connectivity index (χ1) is 6.77. The molecule has 0 aliphatic rings. The summed E-state index contributed by atoms with van der Waals surface area (Å²) in [6, 6.07) is 0. The van der Waals surface area contributed by atoms with E-state index in [9.17, 15) is 0 Å². The minimum absolute atomic E-state index is 0.840. The van der Waals surface area contributed by atoms with Crippen molar-refractivity contribution in [1.29, 1.82) is 0 Å². The lowest BCUT2D eigenvalue weighted by Crippen LogP contribution is -1.85. The highest BCUT2D eigenvalue weighted by Crippen LogP contribution is 2.02. The lowest BCUT2D eigenvalue weighted by atomic mass is 10.6. The number of aryl methyl sites for hydroxylation is 1. The average molecular weight is 194 g/mol. The van der Waals surface area contributed by atoms with E-state index < -0.39 is 0 Å². The first-order valence-electron chi connectivity index (χ1n) is 5.08. The monoisotopic (exact) mass is 194 g/mol. The van der Waals surface area contributed by atoms with Gasteiger partial charge in [0.1, 0.15) is 5.82 Å². The molecule has 0 aliphatic carbocycles. The van der Waals surface area contributed by atoms with Crippen LogP contribution in [0.1, 0.15) is 39.2 Å². The molecule has 1 rings (SSSR count). The number of nitrogens with zero attached hydrogens (tertiary/aromatic N) is 2. The Labute approximate surface area is 88.0 Å². The standard InChI is InChI=1S/C8H10N2.2C2H6/c1-4-8-9-7(3)6-10(8)5-2;2*1-2/h4-6H,1-2H2,3H3;2*1-2H3. The molecule has 1 heterocycles. The van der Waals surface area contributed by atoms with Gasteiger partial charge in [0.15, 0.2) is 0 Å². The fraction of sp³-hybridized carbons (Fsp3) is 0.417. The summed E-state index contributed by atoms with van der Waals surface area (Å²) in [4.78, 5) is 4.17. The molecule has 0 saturated carbocycles. The second kappa shape index (κ2) is 9.78. The molecule has 0 N–H and O–H groups in total. The Bertz CT molecular complexity index is 234. The van der Waals surface area contributed by atoms with Crippen LogP contribution < -0.4 is 0 Å². The molecular formula is C12H22N2. The van der Waals surface area contributed by atoms with Crippen LogP contribution in [0.15, 0.2) is 19.4 Å². The summed E-state index contributed by atoms with van der Waals surface area (Å²) in [7, 11) is 0. The van der Waals surface area contributed by atoms with Gasteiger partial charge in [-0.25, -0.2) is 4.98 Å². The predicted octanol–water partition coefficient (Wildman–Crippen LogP) is 3.99. The van der Waals surface area contributed by atoms with Gasteiger partial charge >= 0.3 is 0 Å². The summed E-state index contributed by atoms with van der Waals surface area (Å²) in [5, 5.41) is 0. The second-order valence-electron chi connectivity index (χ2n) is 2.03. The van der Waals surface area contributed by atoms with E-state index in [0.717, 1.165) is 11.5 Å². The summed E-state index contributed by atoms with van der Waals surface area (Å²) in [6.07, 6.45) is 5.32. The van der Waals surface area contributed by atoms with E-state index in [1.807, 2.05) is 45.4 Å². The zero-order valence-electron chi connectivity index (χ0n) is 10.0. The third-order valence-electron chi connectivity index (χ3n) is 1.26. The van der Waals surface area contributed by atoms with Gasteiger partial charge in [0.25, 0.3) is 0 Å². The molecule has 2 nitrogen and oxygen atoms in total. The summed E-state index contributed by atoms with van der Waals surface area (Å²) in [5.41, 5.74) is 0.981. The third kappa shape index (κ3) is 4.65. The number of imidazole rings is 1. The van der Waals surface area contributed by atoms with Gasteiger partial charge in [-0.05, 0) is 13.0 Å². The van der Waals surface area contributed by atoms with Crippen LogP contribution in [-0.2, 0) is 0 Å². The van der Waals surface area contributed by atoms with E-state index in [2.05, 4.69) is 18.1 Å². The van der Waals surface area contributed by atoms with Crippen molar-refractivity contribution in [2.24, 2.45) is 0 Å². The molecule has 14 heavy (non-hydrogen) atoms. The molecule has 0 aromatic carbocycles. The average Bonchev–Trinajstić information content (AvgIpc) is 2.64. The van der Waals surface area contributed by atoms with Crippen molar-refractivity contribution in [3.05, 3.63) is 30.9 Å². The molecule has 0 saturated heterocycles. The van der Waals surface area contributed by atoms with Crippen molar-refractivity contribution < 1.29 is 0 Å². The van der Waals surface area contributed by atoms with Crippen LogP contribution in [0.25, 0.3) is 12.3 Å². The van der Waals surface area contributed by atoms with E-state index in [-0.39, 0.29) is 0 Å². The fourth-order valence-corrected chi connectivity index (χ4v) is 0.832. The van der Waals surface area contributed by atoms with Crippen LogP contribution in [0.3, 0.4) is 0 Å². The molecule has 1 aromatic heterocycles. The molecule has 0 radical (unpaired) electrons. The van der Waals surface area contributed by atoms with Crippen LogP contribution in [0.5, 0.6) is 0 Å². The maximum atomic E-state index is 4.17. The van der Waals surface area contributed by atoms with Gasteiger partial charge in [-0.3, -0.25) is 0 Å². The SMILES string of the molecule is C=Cc1nc(C)cn1C=C.CC.CC.